The average Bonchev–Trinajstić information content (AvgIpc) is 2.60. The minimum Gasteiger partial charge on any atom is -0.484 e. The van der Waals surface area contributed by atoms with Crippen molar-refractivity contribution >= 4 is 5.91 Å². The summed E-state index contributed by atoms with van der Waals surface area (Å²) in [4.78, 5) is 16.7. The van der Waals surface area contributed by atoms with E-state index >= 15 is 0 Å². The Balaban J connectivity index is 1.60. The van der Waals surface area contributed by atoms with Gasteiger partial charge >= 0.3 is 0 Å². The first kappa shape index (κ1) is 18.7. The molecule has 0 radical (unpaired) electrons. The molecule has 1 atom stereocenters. The third-order valence-corrected chi connectivity index (χ3v) is 4.31. The molecule has 0 bridgehead atoms. The summed E-state index contributed by atoms with van der Waals surface area (Å²) in [6, 6.07) is 5.66. The third kappa shape index (κ3) is 6.45. The van der Waals surface area contributed by atoms with Crippen LogP contribution in [0.4, 0.5) is 4.39 Å². The van der Waals surface area contributed by atoms with E-state index in [1.165, 1.54) is 24.3 Å². The molecule has 1 aromatic rings. The lowest BCUT2D eigenvalue weighted by Crippen LogP contribution is -2.48. The van der Waals surface area contributed by atoms with Gasteiger partial charge in [0.05, 0.1) is 0 Å². The second-order valence-electron chi connectivity index (χ2n) is 6.39. The van der Waals surface area contributed by atoms with Crippen LogP contribution >= 0.6 is 0 Å². The average molecular weight is 337 g/mol. The van der Waals surface area contributed by atoms with Crippen LogP contribution in [0.15, 0.2) is 24.3 Å². The Kier molecular flexibility index (Phi) is 7.46. The van der Waals surface area contributed by atoms with E-state index in [1.54, 1.807) is 0 Å². The highest BCUT2D eigenvalue weighted by Gasteiger charge is 2.17. The molecule has 1 heterocycles. The number of piperazine rings is 1. The van der Waals surface area contributed by atoms with E-state index in [9.17, 15) is 9.18 Å². The molecule has 0 aromatic heterocycles. The van der Waals surface area contributed by atoms with Crippen LogP contribution in [-0.4, -0.2) is 68.1 Å². The predicted octanol–water partition coefficient (Wildman–Crippen LogP) is 1.59. The zero-order valence-electron chi connectivity index (χ0n) is 14.6. The van der Waals surface area contributed by atoms with Crippen molar-refractivity contribution in [1.29, 1.82) is 0 Å². The van der Waals surface area contributed by atoms with E-state index in [-0.39, 0.29) is 18.3 Å². The lowest BCUT2D eigenvalue weighted by atomic mass is 10.1. The molecule has 1 N–H and O–H groups in total. The summed E-state index contributed by atoms with van der Waals surface area (Å²) >= 11 is 0. The van der Waals surface area contributed by atoms with Crippen molar-refractivity contribution < 1.29 is 13.9 Å². The van der Waals surface area contributed by atoms with Crippen molar-refractivity contribution in [3.63, 3.8) is 0 Å². The van der Waals surface area contributed by atoms with Crippen LogP contribution in [0, 0.1) is 11.7 Å². The molecule has 0 aliphatic carbocycles. The Labute approximate surface area is 143 Å². The van der Waals surface area contributed by atoms with Crippen molar-refractivity contribution in [3.8, 4) is 5.75 Å². The molecule has 1 aliphatic heterocycles. The van der Waals surface area contributed by atoms with Crippen LogP contribution in [0.2, 0.25) is 0 Å². The van der Waals surface area contributed by atoms with E-state index < -0.39 is 0 Å². The zero-order valence-corrected chi connectivity index (χ0v) is 14.6. The van der Waals surface area contributed by atoms with Gasteiger partial charge in [0.2, 0.25) is 0 Å². The molecule has 0 unspecified atom stereocenters. The first-order valence-corrected chi connectivity index (χ1v) is 8.66. The van der Waals surface area contributed by atoms with Crippen LogP contribution < -0.4 is 10.1 Å². The number of nitrogens with one attached hydrogen (secondary N) is 1. The number of rotatable bonds is 8. The van der Waals surface area contributed by atoms with E-state index in [2.05, 4.69) is 29.0 Å². The Hall–Kier alpha value is -1.66. The highest BCUT2D eigenvalue weighted by molar-refractivity contribution is 5.77. The molecule has 134 valence electrons. The molecule has 1 saturated heterocycles. The highest BCUT2D eigenvalue weighted by atomic mass is 19.1. The minimum absolute atomic E-state index is 0.0481. The first-order valence-electron chi connectivity index (χ1n) is 8.66. The number of carbonyl (C=O) groups excluding carboxylic acids is 1. The van der Waals surface area contributed by atoms with Crippen LogP contribution in [0.5, 0.6) is 5.75 Å². The maximum absolute atomic E-state index is 12.8. The Morgan fingerprint density at radius 3 is 2.46 bits per heavy atom. The van der Waals surface area contributed by atoms with E-state index in [0.717, 1.165) is 39.3 Å². The van der Waals surface area contributed by atoms with Crippen molar-refractivity contribution in [2.24, 2.45) is 5.92 Å². The molecule has 6 heteroatoms. The van der Waals surface area contributed by atoms with Gasteiger partial charge in [-0.15, -0.1) is 0 Å². The van der Waals surface area contributed by atoms with Gasteiger partial charge in [-0.05, 0) is 36.7 Å². The standard InChI is InChI=1S/C18H28FN3O2/c1-3-21-8-10-22(11-9-21)13-15(2)12-20-18(23)14-24-17-6-4-16(19)5-7-17/h4-7,15H,3,8-14H2,1-2H3,(H,20,23)/t15-/m0/s1. The van der Waals surface area contributed by atoms with Gasteiger partial charge in [0, 0.05) is 39.3 Å². The molecule has 2 rings (SSSR count). The topological polar surface area (TPSA) is 44.8 Å². The van der Waals surface area contributed by atoms with Crippen molar-refractivity contribution in [2.75, 3.05) is 52.4 Å². The molecular formula is C18H28FN3O2. The summed E-state index contributed by atoms with van der Waals surface area (Å²) in [6.07, 6.45) is 0. The summed E-state index contributed by atoms with van der Waals surface area (Å²) in [5.41, 5.74) is 0. The van der Waals surface area contributed by atoms with E-state index in [0.29, 0.717) is 18.2 Å². The monoisotopic (exact) mass is 337 g/mol. The number of hydrogen-bond donors (Lipinski definition) is 1. The van der Waals surface area contributed by atoms with Crippen molar-refractivity contribution in [3.05, 3.63) is 30.1 Å². The third-order valence-electron chi connectivity index (χ3n) is 4.31. The van der Waals surface area contributed by atoms with Gasteiger partial charge in [0.25, 0.3) is 5.91 Å². The smallest absolute Gasteiger partial charge is 0.257 e. The quantitative estimate of drug-likeness (QED) is 0.783. The summed E-state index contributed by atoms with van der Waals surface area (Å²) in [5.74, 6) is 0.420. The summed E-state index contributed by atoms with van der Waals surface area (Å²) < 4.78 is 18.1. The molecule has 1 aliphatic rings. The van der Waals surface area contributed by atoms with Crippen molar-refractivity contribution in [2.45, 2.75) is 13.8 Å². The van der Waals surface area contributed by atoms with Gasteiger partial charge < -0.3 is 19.9 Å². The van der Waals surface area contributed by atoms with Gasteiger partial charge in [0.15, 0.2) is 6.61 Å². The first-order chi connectivity index (χ1) is 11.6. The lowest BCUT2D eigenvalue weighted by molar-refractivity contribution is -0.123. The second-order valence-corrected chi connectivity index (χ2v) is 6.39. The van der Waals surface area contributed by atoms with Crippen molar-refractivity contribution in [1.82, 2.24) is 15.1 Å². The van der Waals surface area contributed by atoms with Gasteiger partial charge in [-0.2, -0.15) is 0 Å². The van der Waals surface area contributed by atoms with E-state index in [4.69, 9.17) is 4.74 Å². The predicted molar refractivity (Wildman–Crippen MR) is 92.6 cm³/mol. The number of carbonyl (C=O) groups is 1. The largest absolute Gasteiger partial charge is 0.484 e. The Morgan fingerprint density at radius 2 is 1.83 bits per heavy atom. The van der Waals surface area contributed by atoms with E-state index in [1.807, 2.05) is 0 Å². The number of likely N-dealkylation sites (N-methyl/N-ethyl adjacent to an activating group) is 1. The fourth-order valence-corrected chi connectivity index (χ4v) is 2.81. The van der Waals surface area contributed by atoms with Crippen LogP contribution in [0.1, 0.15) is 13.8 Å². The number of ether oxygens (including phenoxy) is 1. The number of benzene rings is 1. The summed E-state index contributed by atoms with van der Waals surface area (Å²) in [5, 5.41) is 2.90. The normalized spacial score (nSPS) is 17.5. The number of hydrogen-bond acceptors (Lipinski definition) is 4. The molecule has 24 heavy (non-hydrogen) atoms. The Bertz CT molecular complexity index is 501. The molecule has 1 fully saturated rings. The van der Waals surface area contributed by atoms with Gasteiger partial charge in [-0.25, -0.2) is 4.39 Å². The summed E-state index contributed by atoms with van der Waals surface area (Å²) in [6.45, 7) is 11.5. The Morgan fingerprint density at radius 1 is 1.21 bits per heavy atom. The zero-order chi connectivity index (χ0) is 17.4. The fourth-order valence-electron chi connectivity index (χ4n) is 2.81. The highest BCUT2D eigenvalue weighted by Crippen LogP contribution is 2.10. The number of amides is 1. The molecular weight excluding hydrogens is 309 g/mol. The lowest BCUT2D eigenvalue weighted by Gasteiger charge is -2.35. The maximum atomic E-state index is 12.8. The SMILES string of the molecule is CCN1CCN(C[C@@H](C)CNC(=O)COc2ccc(F)cc2)CC1. The minimum atomic E-state index is -0.319. The number of nitrogens with zero attached hydrogens (tertiary/aromatic N) is 2. The van der Waals surface area contributed by atoms with Crippen LogP contribution in [0.3, 0.4) is 0 Å². The molecule has 0 spiro atoms. The van der Waals surface area contributed by atoms with Crippen LogP contribution in [0.25, 0.3) is 0 Å². The van der Waals surface area contributed by atoms with Gasteiger partial charge in [0.1, 0.15) is 11.6 Å². The second kappa shape index (κ2) is 9.59. The van der Waals surface area contributed by atoms with Crippen LogP contribution in [-0.2, 0) is 4.79 Å². The number of halogens is 1. The van der Waals surface area contributed by atoms with Gasteiger partial charge in [-0.3, -0.25) is 4.79 Å². The molecule has 1 aromatic carbocycles. The van der Waals surface area contributed by atoms with Gasteiger partial charge in [-0.1, -0.05) is 13.8 Å². The maximum Gasteiger partial charge on any atom is 0.257 e. The fraction of sp³-hybridized carbons (Fsp3) is 0.611. The molecule has 5 nitrogen and oxygen atoms in total. The molecule has 1 amide bonds. The molecule has 0 saturated carbocycles. The summed E-state index contributed by atoms with van der Waals surface area (Å²) in [7, 11) is 0.